The van der Waals surface area contributed by atoms with Crippen LogP contribution < -0.4 is 0 Å². The molecule has 0 aliphatic heterocycles. The maximum Gasteiger partial charge on any atom is 0.248 e. The Morgan fingerprint density at radius 3 is 2.72 bits per heavy atom. The Kier molecular flexibility index (Phi) is 4.18. The van der Waals surface area contributed by atoms with Gasteiger partial charge < -0.3 is 5.11 Å². The average molecular weight is 414 g/mol. The van der Waals surface area contributed by atoms with Crippen molar-refractivity contribution in [2.24, 2.45) is 5.92 Å². The van der Waals surface area contributed by atoms with Gasteiger partial charge in [-0.15, -0.1) is 11.3 Å². The molecule has 8 heteroatoms. The summed E-state index contributed by atoms with van der Waals surface area (Å²) >= 11 is 1.36. The molecule has 5 nitrogen and oxygen atoms in total. The van der Waals surface area contributed by atoms with E-state index in [0.717, 1.165) is 26.9 Å². The van der Waals surface area contributed by atoms with E-state index in [4.69, 9.17) is 4.98 Å². The molecule has 4 aromatic rings. The van der Waals surface area contributed by atoms with Gasteiger partial charge in [0.05, 0.1) is 11.8 Å². The molecule has 1 aliphatic carbocycles. The number of pyridine rings is 2. The molecule has 5 rings (SSSR count). The summed E-state index contributed by atoms with van der Waals surface area (Å²) in [5, 5.41) is 16.8. The van der Waals surface area contributed by atoms with Crippen LogP contribution in [0.4, 0.5) is 8.78 Å². The molecule has 29 heavy (non-hydrogen) atoms. The highest BCUT2D eigenvalue weighted by molar-refractivity contribution is 7.18. The second kappa shape index (κ2) is 6.53. The summed E-state index contributed by atoms with van der Waals surface area (Å²) in [4.78, 5) is 10.6. The SMILES string of the molecule is CC(C)n1cc2cc(-c3ccc4cc([C@H](O)C5CC(F)(F)C5)sc4n3)cnc2n1. The van der Waals surface area contributed by atoms with Gasteiger partial charge in [-0.3, -0.25) is 4.68 Å². The highest BCUT2D eigenvalue weighted by Crippen LogP contribution is 2.49. The van der Waals surface area contributed by atoms with Crippen LogP contribution in [0.25, 0.3) is 32.5 Å². The molecule has 1 saturated carbocycles. The van der Waals surface area contributed by atoms with Crippen molar-refractivity contribution < 1.29 is 13.9 Å². The number of aliphatic hydroxyl groups is 1. The van der Waals surface area contributed by atoms with Gasteiger partial charge in [0.15, 0.2) is 5.65 Å². The maximum atomic E-state index is 13.1. The van der Waals surface area contributed by atoms with Crippen LogP contribution >= 0.6 is 11.3 Å². The summed E-state index contributed by atoms with van der Waals surface area (Å²) in [6.07, 6.45) is 2.36. The molecule has 0 amide bonds. The van der Waals surface area contributed by atoms with Gasteiger partial charge >= 0.3 is 0 Å². The zero-order valence-corrected chi connectivity index (χ0v) is 16.8. The lowest BCUT2D eigenvalue weighted by Gasteiger charge is -2.37. The Morgan fingerprint density at radius 2 is 2.00 bits per heavy atom. The molecule has 4 heterocycles. The van der Waals surface area contributed by atoms with Gasteiger partial charge in [0.1, 0.15) is 4.83 Å². The number of halogens is 2. The first-order valence-corrected chi connectivity index (χ1v) is 10.4. The molecular formula is C21H20F2N4OS. The van der Waals surface area contributed by atoms with Crippen LogP contribution in [0.2, 0.25) is 0 Å². The van der Waals surface area contributed by atoms with Crippen LogP contribution in [0.3, 0.4) is 0 Å². The third kappa shape index (κ3) is 3.30. The number of hydrogen-bond donors (Lipinski definition) is 1. The molecule has 0 radical (unpaired) electrons. The van der Waals surface area contributed by atoms with E-state index in [1.165, 1.54) is 11.3 Å². The van der Waals surface area contributed by atoms with Gasteiger partial charge in [-0.1, -0.05) is 0 Å². The molecule has 1 aliphatic rings. The summed E-state index contributed by atoms with van der Waals surface area (Å²) in [6.45, 7) is 4.13. The van der Waals surface area contributed by atoms with Crippen molar-refractivity contribution in [1.29, 1.82) is 0 Å². The van der Waals surface area contributed by atoms with Crippen molar-refractivity contribution in [3.63, 3.8) is 0 Å². The Bertz CT molecular complexity index is 1210. The fraction of sp³-hybridized carbons (Fsp3) is 0.381. The minimum absolute atomic E-state index is 0.253. The summed E-state index contributed by atoms with van der Waals surface area (Å²) in [5.74, 6) is -3.02. The average Bonchev–Trinajstić information content (AvgIpc) is 3.28. The minimum Gasteiger partial charge on any atom is -0.387 e. The quantitative estimate of drug-likeness (QED) is 0.488. The molecule has 1 N–H and O–H groups in total. The lowest BCUT2D eigenvalue weighted by atomic mass is 9.77. The highest BCUT2D eigenvalue weighted by atomic mass is 32.1. The molecular weight excluding hydrogens is 394 g/mol. The Hall–Kier alpha value is -2.45. The van der Waals surface area contributed by atoms with E-state index < -0.39 is 12.0 Å². The van der Waals surface area contributed by atoms with Crippen molar-refractivity contribution in [2.75, 3.05) is 0 Å². The van der Waals surface area contributed by atoms with Gasteiger partial charge in [-0.2, -0.15) is 5.10 Å². The Labute approximate surface area is 170 Å². The number of fused-ring (bicyclic) bond motifs is 2. The van der Waals surface area contributed by atoms with Crippen LogP contribution in [0.5, 0.6) is 0 Å². The van der Waals surface area contributed by atoms with Crippen molar-refractivity contribution in [3.8, 4) is 11.3 Å². The number of hydrogen-bond acceptors (Lipinski definition) is 5. The molecule has 4 aromatic heterocycles. The summed E-state index contributed by atoms with van der Waals surface area (Å²) < 4.78 is 28.2. The van der Waals surface area contributed by atoms with Crippen molar-refractivity contribution >= 4 is 32.6 Å². The third-order valence-corrected chi connectivity index (χ3v) is 6.58. The number of aromatic nitrogens is 4. The molecule has 150 valence electrons. The molecule has 1 atom stereocenters. The lowest BCUT2D eigenvalue weighted by molar-refractivity contribution is -0.141. The second-order valence-electron chi connectivity index (χ2n) is 8.05. The smallest absolute Gasteiger partial charge is 0.248 e. The third-order valence-electron chi connectivity index (χ3n) is 5.46. The number of alkyl halides is 2. The van der Waals surface area contributed by atoms with E-state index in [1.54, 1.807) is 6.20 Å². The van der Waals surface area contributed by atoms with Gasteiger partial charge in [-0.05, 0) is 38.1 Å². The molecule has 1 fully saturated rings. The van der Waals surface area contributed by atoms with Crippen molar-refractivity contribution in [2.45, 2.75) is 44.8 Å². The number of nitrogens with zero attached hydrogens (tertiary/aromatic N) is 4. The fourth-order valence-corrected chi connectivity index (χ4v) is 4.86. The van der Waals surface area contributed by atoms with E-state index in [-0.39, 0.29) is 24.8 Å². The summed E-state index contributed by atoms with van der Waals surface area (Å²) in [6, 6.07) is 7.99. The fourth-order valence-electron chi connectivity index (χ4n) is 3.75. The number of thiophene rings is 1. The zero-order valence-electron chi connectivity index (χ0n) is 16.0. The lowest BCUT2D eigenvalue weighted by Crippen LogP contribution is -2.38. The second-order valence-corrected chi connectivity index (χ2v) is 9.11. The zero-order chi connectivity index (χ0) is 20.3. The first-order valence-electron chi connectivity index (χ1n) is 9.61. The van der Waals surface area contributed by atoms with Gasteiger partial charge in [0, 0.05) is 58.4 Å². The van der Waals surface area contributed by atoms with Crippen molar-refractivity contribution in [3.05, 3.63) is 41.5 Å². The van der Waals surface area contributed by atoms with Gasteiger partial charge in [-0.25, -0.2) is 18.7 Å². The predicted octanol–water partition coefficient (Wildman–Crippen LogP) is 5.37. The van der Waals surface area contributed by atoms with Crippen LogP contribution in [0, 0.1) is 5.92 Å². The molecule has 0 aromatic carbocycles. The normalized spacial score (nSPS) is 17.9. The Balaban J connectivity index is 1.46. The van der Waals surface area contributed by atoms with E-state index in [1.807, 2.05) is 35.1 Å². The van der Waals surface area contributed by atoms with Gasteiger partial charge in [0.25, 0.3) is 0 Å². The minimum atomic E-state index is -2.64. The number of aliphatic hydroxyl groups excluding tert-OH is 1. The van der Waals surface area contributed by atoms with E-state index in [9.17, 15) is 13.9 Å². The van der Waals surface area contributed by atoms with E-state index in [0.29, 0.717) is 10.5 Å². The summed E-state index contributed by atoms with van der Waals surface area (Å²) in [5.41, 5.74) is 2.36. The van der Waals surface area contributed by atoms with Crippen LogP contribution in [0.1, 0.15) is 43.7 Å². The largest absolute Gasteiger partial charge is 0.387 e. The standard InChI is InChI=1S/C21H20F2N4OS/c1-11(2)27-10-14-5-13(9-24-19(14)26-27)16-4-3-12-6-17(29-20(12)25-16)18(28)15-7-21(22,23)8-15/h3-6,9-11,15,18,28H,7-8H2,1-2H3/t18-/m1/s1. The van der Waals surface area contributed by atoms with Crippen LogP contribution in [-0.4, -0.2) is 30.8 Å². The van der Waals surface area contributed by atoms with Crippen LogP contribution in [0.15, 0.2) is 36.7 Å². The molecule has 0 unspecified atom stereocenters. The number of rotatable bonds is 4. The molecule has 0 spiro atoms. The molecule has 0 bridgehead atoms. The highest BCUT2D eigenvalue weighted by Gasteiger charge is 2.48. The van der Waals surface area contributed by atoms with Crippen LogP contribution in [-0.2, 0) is 0 Å². The first kappa shape index (κ1) is 18.6. The monoisotopic (exact) mass is 414 g/mol. The maximum absolute atomic E-state index is 13.1. The van der Waals surface area contributed by atoms with Crippen molar-refractivity contribution in [1.82, 2.24) is 19.7 Å². The van der Waals surface area contributed by atoms with E-state index in [2.05, 4.69) is 23.9 Å². The molecule has 0 saturated heterocycles. The topological polar surface area (TPSA) is 63.8 Å². The summed E-state index contributed by atoms with van der Waals surface area (Å²) in [7, 11) is 0. The predicted molar refractivity (Wildman–Crippen MR) is 109 cm³/mol. The van der Waals surface area contributed by atoms with Gasteiger partial charge in [0.2, 0.25) is 5.92 Å². The Morgan fingerprint density at radius 1 is 1.21 bits per heavy atom. The van der Waals surface area contributed by atoms with E-state index >= 15 is 0 Å². The first-order chi connectivity index (χ1) is 13.8.